The van der Waals surface area contributed by atoms with Gasteiger partial charge in [0, 0.05) is 0 Å². The topological polar surface area (TPSA) is 20.2 Å². The number of hydrogen-bond acceptors (Lipinski definition) is 1. The van der Waals surface area contributed by atoms with Crippen LogP contribution in [0.3, 0.4) is 0 Å². The van der Waals surface area contributed by atoms with Crippen LogP contribution in [0.5, 0.6) is 0 Å². The quantitative estimate of drug-likeness (QED) is 0.567. The fourth-order valence-electron chi connectivity index (χ4n) is 9.58. The Kier molecular flexibility index (Phi) is 5.27. The number of fused-ring (bicyclic) bond motifs is 5. The maximum Gasteiger partial charge on any atom is 0.0543 e. The Morgan fingerprint density at radius 3 is 2.44 bits per heavy atom. The summed E-state index contributed by atoms with van der Waals surface area (Å²) in [7, 11) is 0. The lowest BCUT2D eigenvalue weighted by molar-refractivity contribution is -0.168. The van der Waals surface area contributed by atoms with Crippen LogP contribution in [0.25, 0.3) is 0 Å². The highest BCUT2D eigenvalue weighted by Gasteiger charge is 2.64. The molecule has 156 valence electrons. The lowest BCUT2D eigenvalue weighted by atomic mass is 9.40. The van der Waals surface area contributed by atoms with E-state index in [4.69, 9.17) is 0 Å². The molecule has 0 aromatic carbocycles. The minimum atomic E-state index is -0.0242. The third kappa shape index (κ3) is 2.88. The number of aliphatic hydroxyl groups is 1. The molecule has 11 atom stereocenters. The van der Waals surface area contributed by atoms with Gasteiger partial charge in [0.1, 0.15) is 0 Å². The van der Waals surface area contributed by atoms with E-state index in [0.29, 0.717) is 10.8 Å². The molecule has 4 aliphatic rings. The van der Waals surface area contributed by atoms with Crippen LogP contribution in [-0.2, 0) is 0 Å². The molecular formula is C26H46O. The van der Waals surface area contributed by atoms with Gasteiger partial charge in [0.05, 0.1) is 6.10 Å². The van der Waals surface area contributed by atoms with Gasteiger partial charge >= 0.3 is 0 Å². The predicted octanol–water partition coefficient (Wildman–Crippen LogP) is 6.93. The smallest absolute Gasteiger partial charge is 0.0543 e. The van der Waals surface area contributed by atoms with Gasteiger partial charge in [-0.3, -0.25) is 0 Å². The predicted molar refractivity (Wildman–Crippen MR) is 114 cm³/mol. The summed E-state index contributed by atoms with van der Waals surface area (Å²) < 4.78 is 0. The average molecular weight is 375 g/mol. The van der Waals surface area contributed by atoms with Gasteiger partial charge in [0.2, 0.25) is 0 Å². The van der Waals surface area contributed by atoms with E-state index >= 15 is 0 Å². The Balaban J connectivity index is 1.66. The van der Waals surface area contributed by atoms with Gasteiger partial charge in [-0.1, -0.05) is 54.4 Å². The van der Waals surface area contributed by atoms with Gasteiger partial charge in [0.25, 0.3) is 0 Å². The van der Waals surface area contributed by atoms with Crippen molar-refractivity contribution in [3.05, 3.63) is 0 Å². The lowest BCUT2D eigenvalue weighted by Gasteiger charge is -2.64. The molecule has 0 saturated heterocycles. The average Bonchev–Trinajstić information content (AvgIpc) is 2.96. The Hall–Kier alpha value is -0.0400. The molecule has 0 bridgehead atoms. The fraction of sp³-hybridized carbons (Fsp3) is 1.00. The molecule has 4 fully saturated rings. The van der Waals surface area contributed by atoms with Gasteiger partial charge in [0.15, 0.2) is 0 Å². The van der Waals surface area contributed by atoms with E-state index in [9.17, 15) is 5.11 Å². The van der Waals surface area contributed by atoms with Crippen LogP contribution >= 0.6 is 0 Å². The summed E-state index contributed by atoms with van der Waals surface area (Å²) in [5.41, 5.74) is 1.07. The van der Waals surface area contributed by atoms with Gasteiger partial charge in [-0.15, -0.1) is 0 Å². The summed E-state index contributed by atoms with van der Waals surface area (Å²) in [6.45, 7) is 15.5. The Bertz CT molecular complexity index is 542. The van der Waals surface area contributed by atoms with Gasteiger partial charge in [-0.05, 0) is 103 Å². The van der Waals surface area contributed by atoms with E-state index in [1.807, 2.05) is 0 Å². The molecule has 4 aliphatic carbocycles. The fourth-order valence-corrected chi connectivity index (χ4v) is 9.58. The summed E-state index contributed by atoms with van der Waals surface area (Å²) in [5.74, 6) is 7.15. The summed E-state index contributed by atoms with van der Waals surface area (Å²) in [5, 5.41) is 10.3. The number of aliphatic hydroxyl groups excluding tert-OH is 1. The summed E-state index contributed by atoms with van der Waals surface area (Å²) in [4.78, 5) is 0. The zero-order valence-electron chi connectivity index (χ0n) is 19.0. The Morgan fingerprint density at radius 1 is 1.00 bits per heavy atom. The van der Waals surface area contributed by atoms with Crippen LogP contribution in [0.4, 0.5) is 0 Å². The Labute approximate surface area is 169 Å². The molecule has 1 heteroatoms. The van der Waals surface area contributed by atoms with E-state index < -0.39 is 0 Å². The molecule has 0 amide bonds. The third-order valence-electron chi connectivity index (χ3n) is 11.1. The molecule has 0 aliphatic heterocycles. The molecular weight excluding hydrogens is 328 g/mol. The van der Waals surface area contributed by atoms with Crippen molar-refractivity contribution in [1.29, 1.82) is 0 Å². The Morgan fingerprint density at radius 2 is 1.74 bits per heavy atom. The first-order valence-electron chi connectivity index (χ1n) is 12.4. The van der Waals surface area contributed by atoms with Crippen LogP contribution < -0.4 is 0 Å². The minimum Gasteiger partial charge on any atom is -0.393 e. The molecule has 1 N–H and O–H groups in total. The van der Waals surface area contributed by atoms with E-state index in [1.54, 1.807) is 0 Å². The molecule has 0 radical (unpaired) electrons. The molecule has 1 nitrogen and oxygen atoms in total. The van der Waals surface area contributed by atoms with Crippen molar-refractivity contribution in [3.8, 4) is 0 Å². The van der Waals surface area contributed by atoms with Crippen molar-refractivity contribution in [2.75, 3.05) is 0 Å². The van der Waals surface area contributed by atoms with E-state index in [-0.39, 0.29) is 6.10 Å². The van der Waals surface area contributed by atoms with E-state index in [0.717, 1.165) is 60.2 Å². The lowest BCUT2D eigenvalue weighted by Crippen LogP contribution is -2.58. The van der Waals surface area contributed by atoms with Gasteiger partial charge in [-0.25, -0.2) is 0 Å². The van der Waals surface area contributed by atoms with Crippen molar-refractivity contribution in [2.45, 2.75) is 105 Å². The molecule has 0 aromatic rings. The number of hydrogen-bond donors (Lipinski definition) is 1. The van der Waals surface area contributed by atoms with Crippen molar-refractivity contribution in [1.82, 2.24) is 0 Å². The molecule has 4 rings (SSSR count). The number of rotatable bonds is 3. The van der Waals surface area contributed by atoms with E-state index in [1.165, 1.54) is 44.9 Å². The SMILES string of the molecule is CCC[C@H](C)[C@H]1CCC2C3C(C)CC4C[C@@H](O)CC[C@]4(C)C3C[C@@H](C)[C@@]21C. The molecule has 0 spiro atoms. The largest absolute Gasteiger partial charge is 0.393 e. The summed E-state index contributed by atoms with van der Waals surface area (Å²) in [6.07, 6.45) is 12.0. The van der Waals surface area contributed by atoms with Crippen molar-refractivity contribution >= 4 is 0 Å². The standard InChI is InChI=1S/C26H46O/c1-7-8-16(2)21-9-10-22-24-17(3)13-19-15-20(27)11-12-25(19,5)23(24)14-18(4)26(21,22)6/h16-24,27H,7-15H2,1-6H3/t16-,17?,18+,19?,20-,21+,22?,23?,24?,25-,26+/m0/s1. The van der Waals surface area contributed by atoms with Crippen molar-refractivity contribution in [3.63, 3.8) is 0 Å². The van der Waals surface area contributed by atoms with Crippen LogP contribution in [-0.4, -0.2) is 11.2 Å². The van der Waals surface area contributed by atoms with Crippen LogP contribution in [0.2, 0.25) is 0 Å². The zero-order valence-corrected chi connectivity index (χ0v) is 19.0. The third-order valence-corrected chi connectivity index (χ3v) is 11.1. The van der Waals surface area contributed by atoms with Gasteiger partial charge in [-0.2, -0.15) is 0 Å². The van der Waals surface area contributed by atoms with Crippen LogP contribution in [0, 0.1) is 58.2 Å². The maximum absolute atomic E-state index is 10.3. The van der Waals surface area contributed by atoms with Crippen molar-refractivity contribution in [2.24, 2.45) is 58.2 Å². The van der Waals surface area contributed by atoms with Crippen LogP contribution in [0.15, 0.2) is 0 Å². The molecule has 0 heterocycles. The second-order valence-electron chi connectivity index (χ2n) is 12.1. The normalized spacial score (nSPS) is 56.1. The first kappa shape index (κ1) is 20.2. The second kappa shape index (κ2) is 7.03. The summed E-state index contributed by atoms with van der Waals surface area (Å²) >= 11 is 0. The summed E-state index contributed by atoms with van der Waals surface area (Å²) in [6, 6.07) is 0. The zero-order chi connectivity index (χ0) is 19.6. The first-order chi connectivity index (χ1) is 12.7. The highest BCUT2D eigenvalue weighted by atomic mass is 16.3. The van der Waals surface area contributed by atoms with E-state index in [2.05, 4.69) is 41.5 Å². The first-order valence-corrected chi connectivity index (χ1v) is 12.4. The minimum absolute atomic E-state index is 0.0242. The van der Waals surface area contributed by atoms with Gasteiger partial charge < -0.3 is 5.11 Å². The molecule has 5 unspecified atom stereocenters. The highest BCUT2D eigenvalue weighted by molar-refractivity contribution is 5.12. The second-order valence-corrected chi connectivity index (χ2v) is 12.1. The maximum atomic E-state index is 10.3. The monoisotopic (exact) mass is 374 g/mol. The van der Waals surface area contributed by atoms with Crippen molar-refractivity contribution < 1.29 is 5.11 Å². The highest BCUT2D eigenvalue weighted by Crippen LogP contribution is 2.70. The molecule has 27 heavy (non-hydrogen) atoms. The molecule has 0 aromatic heterocycles. The van der Waals surface area contributed by atoms with Crippen LogP contribution in [0.1, 0.15) is 99.3 Å². The molecule has 4 saturated carbocycles.